The highest BCUT2D eigenvalue weighted by atomic mass is 127. The number of aromatic hydroxyl groups is 1. The van der Waals surface area contributed by atoms with Crippen molar-refractivity contribution in [3.8, 4) is 5.75 Å². The van der Waals surface area contributed by atoms with E-state index in [4.69, 9.17) is 9.84 Å². The lowest BCUT2D eigenvalue weighted by molar-refractivity contribution is -0.131. The van der Waals surface area contributed by atoms with Gasteiger partial charge in [-0.25, -0.2) is 9.59 Å². The molecule has 0 aliphatic rings. The molecule has 27 heavy (non-hydrogen) atoms. The first-order valence-electron chi connectivity index (χ1n) is 8.20. The summed E-state index contributed by atoms with van der Waals surface area (Å²) in [6.07, 6.45) is 0.855. The molecule has 0 saturated heterocycles. The van der Waals surface area contributed by atoms with Crippen LogP contribution >= 0.6 is 22.6 Å². The van der Waals surface area contributed by atoms with Crippen molar-refractivity contribution in [2.75, 3.05) is 5.32 Å². The minimum absolute atomic E-state index is 0.0286. The average Bonchev–Trinajstić information content (AvgIpc) is 2.62. The van der Waals surface area contributed by atoms with E-state index in [9.17, 15) is 14.7 Å². The van der Waals surface area contributed by atoms with Crippen molar-refractivity contribution in [3.63, 3.8) is 0 Å². The molecule has 2 aromatic rings. The largest absolute Gasteiger partial charge is 0.508 e. The summed E-state index contributed by atoms with van der Waals surface area (Å²) in [5.74, 6) is -1.61. The van der Waals surface area contributed by atoms with E-state index >= 15 is 0 Å². The first kappa shape index (κ1) is 20.8. The van der Waals surface area contributed by atoms with Crippen molar-refractivity contribution in [1.82, 2.24) is 0 Å². The predicted octanol–water partition coefficient (Wildman–Crippen LogP) is 4.87. The lowest BCUT2D eigenvalue weighted by atomic mass is 9.96. The first-order chi connectivity index (χ1) is 12.8. The van der Waals surface area contributed by atoms with Crippen LogP contribution in [0.2, 0.25) is 0 Å². The van der Waals surface area contributed by atoms with Crippen LogP contribution in [0.4, 0.5) is 10.5 Å². The van der Waals surface area contributed by atoms with Crippen molar-refractivity contribution in [2.24, 2.45) is 5.92 Å². The van der Waals surface area contributed by atoms with Crippen LogP contribution in [0.15, 0.2) is 54.6 Å². The molecule has 0 aromatic heterocycles. The van der Waals surface area contributed by atoms with Crippen LogP contribution in [0, 0.1) is 16.4 Å². The van der Waals surface area contributed by atoms with Gasteiger partial charge in [0.1, 0.15) is 11.9 Å². The van der Waals surface area contributed by atoms with Gasteiger partial charge in [-0.05, 0) is 59.8 Å². The molecule has 142 valence electrons. The summed E-state index contributed by atoms with van der Waals surface area (Å²) in [5, 5.41) is 21.7. The van der Waals surface area contributed by atoms with Gasteiger partial charge in [-0.1, -0.05) is 30.7 Å². The van der Waals surface area contributed by atoms with Gasteiger partial charge in [0, 0.05) is 26.8 Å². The summed E-state index contributed by atoms with van der Waals surface area (Å²) in [6.45, 7) is 3.65. The Bertz CT molecular complexity index is 848. The van der Waals surface area contributed by atoms with Crippen molar-refractivity contribution >= 4 is 40.3 Å². The van der Waals surface area contributed by atoms with Crippen LogP contribution in [-0.2, 0) is 9.53 Å². The number of aryl methyl sites for hydroxylation is 1. The summed E-state index contributed by atoms with van der Waals surface area (Å²) >= 11 is 2.09. The Morgan fingerprint density at radius 3 is 2.48 bits per heavy atom. The maximum absolute atomic E-state index is 12.4. The number of phenolic OH excluding ortho intramolecular Hbond substituents is 1. The molecular weight excluding hydrogens is 461 g/mol. The number of benzene rings is 2. The Hall–Kier alpha value is -2.55. The standard InChI is InChI=1S/C20H20INO5/c1-12-3-7-15(8-4-12)22-20(26)27-19(13(2)5-10-18(24)25)16-11-14(21)6-9-17(16)23/h3-11,13,19,23H,1-2H3,(H,22,26)(H,24,25)/b10-5+/t13-,19-/m1/s1. The number of carboxylic acid groups (broad SMARTS) is 1. The number of rotatable bonds is 6. The van der Waals surface area contributed by atoms with Crippen molar-refractivity contribution < 1.29 is 24.5 Å². The quantitative estimate of drug-likeness (QED) is 0.404. The maximum atomic E-state index is 12.4. The average molecular weight is 481 g/mol. The summed E-state index contributed by atoms with van der Waals surface area (Å²) in [7, 11) is 0. The molecule has 0 heterocycles. The molecule has 0 aliphatic heterocycles. The van der Waals surface area contributed by atoms with Gasteiger partial charge in [0.15, 0.2) is 0 Å². The number of carboxylic acids is 1. The van der Waals surface area contributed by atoms with Gasteiger partial charge in [-0.2, -0.15) is 0 Å². The van der Waals surface area contributed by atoms with Gasteiger partial charge in [0.2, 0.25) is 0 Å². The molecule has 0 saturated carbocycles. The molecule has 7 heteroatoms. The van der Waals surface area contributed by atoms with E-state index in [1.807, 2.05) is 19.1 Å². The molecule has 0 spiro atoms. The highest BCUT2D eigenvalue weighted by molar-refractivity contribution is 14.1. The Labute approximate surface area is 171 Å². The zero-order chi connectivity index (χ0) is 20.0. The number of carbonyl (C=O) groups is 2. The van der Waals surface area contributed by atoms with Crippen LogP contribution in [0.25, 0.3) is 0 Å². The second-order valence-electron chi connectivity index (χ2n) is 6.08. The van der Waals surface area contributed by atoms with E-state index < -0.39 is 24.1 Å². The fourth-order valence-corrected chi connectivity index (χ4v) is 2.96. The number of amides is 1. The van der Waals surface area contributed by atoms with E-state index in [2.05, 4.69) is 27.9 Å². The molecule has 0 fully saturated rings. The molecule has 0 radical (unpaired) electrons. The molecular formula is C20H20INO5. The second kappa shape index (κ2) is 9.40. The van der Waals surface area contributed by atoms with E-state index in [0.29, 0.717) is 11.3 Å². The number of halogens is 1. The Balaban J connectivity index is 2.25. The number of hydrogen-bond donors (Lipinski definition) is 3. The summed E-state index contributed by atoms with van der Waals surface area (Å²) < 4.78 is 6.39. The van der Waals surface area contributed by atoms with E-state index in [1.165, 1.54) is 12.1 Å². The predicted molar refractivity (Wildman–Crippen MR) is 111 cm³/mol. The molecule has 2 aromatic carbocycles. The normalized spacial score (nSPS) is 13.1. The SMILES string of the molecule is Cc1ccc(NC(=O)O[C@@H](c2cc(I)ccc2O)[C@H](C)/C=C/C(=O)O)cc1. The fourth-order valence-electron chi connectivity index (χ4n) is 2.44. The minimum Gasteiger partial charge on any atom is -0.508 e. The van der Waals surface area contributed by atoms with E-state index in [1.54, 1.807) is 31.2 Å². The molecule has 1 amide bonds. The van der Waals surface area contributed by atoms with Crippen LogP contribution in [0.3, 0.4) is 0 Å². The van der Waals surface area contributed by atoms with E-state index in [0.717, 1.165) is 15.2 Å². The number of aliphatic carboxylic acids is 1. The summed E-state index contributed by atoms with van der Waals surface area (Å²) in [6, 6.07) is 12.2. The third-order valence-electron chi connectivity index (χ3n) is 3.85. The molecule has 0 aliphatic carbocycles. The molecule has 3 N–H and O–H groups in total. The first-order valence-corrected chi connectivity index (χ1v) is 9.28. The monoisotopic (exact) mass is 481 g/mol. The minimum atomic E-state index is -1.10. The fraction of sp³-hybridized carbons (Fsp3) is 0.200. The number of phenols is 1. The summed E-state index contributed by atoms with van der Waals surface area (Å²) in [5.41, 5.74) is 2.04. The number of ether oxygens (including phenoxy) is 1. The summed E-state index contributed by atoms with van der Waals surface area (Å²) in [4.78, 5) is 23.2. The van der Waals surface area contributed by atoms with Gasteiger partial charge < -0.3 is 14.9 Å². The van der Waals surface area contributed by atoms with Crippen LogP contribution in [0.5, 0.6) is 5.75 Å². The van der Waals surface area contributed by atoms with Gasteiger partial charge in [0.25, 0.3) is 0 Å². The third kappa shape index (κ3) is 6.28. The zero-order valence-electron chi connectivity index (χ0n) is 14.8. The topological polar surface area (TPSA) is 95.9 Å². The second-order valence-corrected chi connectivity index (χ2v) is 7.32. The zero-order valence-corrected chi connectivity index (χ0v) is 17.0. The lowest BCUT2D eigenvalue weighted by Gasteiger charge is -2.23. The van der Waals surface area contributed by atoms with Crippen molar-refractivity contribution in [1.29, 1.82) is 0 Å². The van der Waals surface area contributed by atoms with Gasteiger partial charge in [-0.3, -0.25) is 5.32 Å². The Morgan fingerprint density at radius 1 is 1.19 bits per heavy atom. The number of nitrogens with one attached hydrogen (secondary N) is 1. The van der Waals surface area contributed by atoms with Crippen LogP contribution in [0.1, 0.15) is 24.2 Å². The lowest BCUT2D eigenvalue weighted by Crippen LogP contribution is -2.21. The van der Waals surface area contributed by atoms with Gasteiger partial charge in [-0.15, -0.1) is 0 Å². The van der Waals surface area contributed by atoms with Crippen molar-refractivity contribution in [2.45, 2.75) is 20.0 Å². The maximum Gasteiger partial charge on any atom is 0.412 e. The van der Waals surface area contributed by atoms with Crippen molar-refractivity contribution in [3.05, 3.63) is 69.3 Å². The Morgan fingerprint density at radius 2 is 1.85 bits per heavy atom. The molecule has 2 atom stereocenters. The highest BCUT2D eigenvalue weighted by Crippen LogP contribution is 2.34. The van der Waals surface area contributed by atoms with Crippen LogP contribution < -0.4 is 5.32 Å². The smallest absolute Gasteiger partial charge is 0.412 e. The number of hydrogen-bond acceptors (Lipinski definition) is 4. The molecule has 0 bridgehead atoms. The van der Waals surface area contributed by atoms with Gasteiger partial charge in [0.05, 0.1) is 0 Å². The molecule has 6 nitrogen and oxygen atoms in total. The van der Waals surface area contributed by atoms with Gasteiger partial charge >= 0.3 is 12.1 Å². The molecule has 0 unspecified atom stereocenters. The highest BCUT2D eigenvalue weighted by Gasteiger charge is 2.25. The third-order valence-corrected chi connectivity index (χ3v) is 4.52. The van der Waals surface area contributed by atoms with Crippen LogP contribution in [-0.4, -0.2) is 22.3 Å². The Kier molecular flexibility index (Phi) is 7.23. The number of carbonyl (C=O) groups excluding carboxylic acids is 1. The molecule has 2 rings (SSSR count). The van der Waals surface area contributed by atoms with E-state index in [-0.39, 0.29) is 5.75 Å². The number of anilines is 1.